The third-order valence-corrected chi connectivity index (χ3v) is 8.04. The van der Waals surface area contributed by atoms with Crippen molar-refractivity contribution in [1.82, 2.24) is 0 Å². The van der Waals surface area contributed by atoms with Gasteiger partial charge in [0.1, 0.15) is 19.1 Å². The zero-order valence-electron chi connectivity index (χ0n) is 27.2. The maximum atomic E-state index is 14.0. The summed E-state index contributed by atoms with van der Waals surface area (Å²) < 4.78 is 35.5. The molecule has 1 heterocycles. The van der Waals surface area contributed by atoms with Crippen molar-refractivity contribution in [3.8, 4) is 23.0 Å². The Morgan fingerprint density at radius 2 is 1.30 bits per heavy atom. The average molecular weight is 641 g/mol. The lowest BCUT2D eigenvalue weighted by atomic mass is 9.77. The number of esters is 1. The molecule has 0 aliphatic carbocycles. The Balaban J connectivity index is 1.49. The van der Waals surface area contributed by atoms with Crippen LogP contribution >= 0.6 is 0 Å². The summed E-state index contributed by atoms with van der Waals surface area (Å²) in [7, 11) is 3.00. The van der Waals surface area contributed by atoms with E-state index in [0.717, 1.165) is 11.1 Å². The molecule has 9 nitrogen and oxygen atoms in total. The van der Waals surface area contributed by atoms with E-state index >= 15 is 0 Å². The van der Waals surface area contributed by atoms with E-state index in [1.54, 1.807) is 36.4 Å². The Morgan fingerprint density at radius 3 is 1.79 bits per heavy atom. The molecule has 0 aromatic heterocycles. The van der Waals surface area contributed by atoms with E-state index < -0.39 is 35.2 Å². The first-order valence-electron chi connectivity index (χ1n) is 15.4. The number of benzene rings is 4. The van der Waals surface area contributed by atoms with E-state index in [1.807, 2.05) is 81.4 Å². The number of aliphatic carboxylic acids is 1. The van der Waals surface area contributed by atoms with Gasteiger partial charge in [-0.2, -0.15) is 0 Å². The number of carbonyl (C=O) groups excluding carboxylic acids is 1. The molecule has 1 unspecified atom stereocenters. The van der Waals surface area contributed by atoms with Crippen molar-refractivity contribution in [1.29, 1.82) is 0 Å². The summed E-state index contributed by atoms with van der Waals surface area (Å²) in [6.07, 6.45) is -1.08. The molecule has 0 amide bonds. The molecule has 1 aliphatic heterocycles. The highest BCUT2D eigenvalue weighted by molar-refractivity contribution is 5.90. The Morgan fingerprint density at radius 1 is 0.766 bits per heavy atom. The van der Waals surface area contributed by atoms with Crippen molar-refractivity contribution in [3.63, 3.8) is 0 Å². The van der Waals surface area contributed by atoms with Crippen LogP contribution in [0.25, 0.3) is 0 Å². The molecule has 0 saturated carbocycles. The predicted octanol–water partition coefficient (Wildman–Crippen LogP) is 6.95. The summed E-state index contributed by atoms with van der Waals surface area (Å²) in [5, 5.41) is 10.7. The summed E-state index contributed by atoms with van der Waals surface area (Å²) in [4.78, 5) is 27.1. The first-order chi connectivity index (χ1) is 22.5. The number of hydrogen-bond donors (Lipinski definition) is 1. The smallest absolute Gasteiger partial charge is 0.346 e. The van der Waals surface area contributed by atoms with Crippen molar-refractivity contribution < 1.29 is 43.1 Å². The highest BCUT2D eigenvalue weighted by atomic mass is 16.8. The van der Waals surface area contributed by atoms with Crippen LogP contribution in [0.3, 0.4) is 0 Å². The third-order valence-electron chi connectivity index (χ3n) is 8.04. The molecule has 4 aromatic rings. The van der Waals surface area contributed by atoms with Crippen LogP contribution in [0.5, 0.6) is 23.0 Å². The monoisotopic (exact) mass is 640 g/mol. The second-order valence-electron chi connectivity index (χ2n) is 12.5. The summed E-state index contributed by atoms with van der Waals surface area (Å²) >= 11 is 0. The Labute approximate surface area is 275 Å². The van der Waals surface area contributed by atoms with Gasteiger partial charge < -0.3 is 33.5 Å². The number of ether oxygens (including phenoxy) is 6. The molecule has 1 N–H and O–H groups in total. The number of cyclic esters (lactones) is 1. The quantitative estimate of drug-likeness (QED) is 0.155. The third kappa shape index (κ3) is 7.36. The van der Waals surface area contributed by atoms with Gasteiger partial charge in [0, 0.05) is 11.0 Å². The van der Waals surface area contributed by atoms with Crippen molar-refractivity contribution in [2.24, 2.45) is 11.3 Å². The molecule has 3 atom stereocenters. The van der Waals surface area contributed by atoms with E-state index in [0.29, 0.717) is 35.2 Å². The number of carbonyl (C=O) groups is 2. The molecular weight excluding hydrogens is 600 g/mol. The molecule has 0 spiro atoms. The molecule has 47 heavy (non-hydrogen) atoms. The molecule has 0 radical (unpaired) electrons. The second-order valence-corrected chi connectivity index (χ2v) is 12.5. The summed E-state index contributed by atoms with van der Waals surface area (Å²) in [6, 6.07) is 29.4. The number of carboxylic acids is 1. The first kappa shape index (κ1) is 33.3. The van der Waals surface area contributed by atoms with Crippen molar-refractivity contribution >= 4 is 11.9 Å². The van der Waals surface area contributed by atoms with Gasteiger partial charge in [-0.1, -0.05) is 93.6 Å². The summed E-state index contributed by atoms with van der Waals surface area (Å²) in [5.41, 5.74) is 0.202. The van der Waals surface area contributed by atoms with Gasteiger partial charge in [0.2, 0.25) is 11.9 Å². The van der Waals surface area contributed by atoms with Crippen LogP contribution in [0.1, 0.15) is 43.0 Å². The van der Waals surface area contributed by atoms with Crippen LogP contribution in [0.4, 0.5) is 0 Å². The lowest BCUT2D eigenvalue weighted by Gasteiger charge is -2.33. The van der Waals surface area contributed by atoms with E-state index in [9.17, 15) is 14.7 Å². The first-order valence-corrected chi connectivity index (χ1v) is 15.4. The summed E-state index contributed by atoms with van der Waals surface area (Å²) in [6.45, 7) is 6.19. The van der Waals surface area contributed by atoms with Crippen molar-refractivity contribution in [3.05, 3.63) is 119 Å². The minimum absolute atomic E-state index is 0.0782. The Kier molecular flexibility index (Phi) is 10.1. The second kappa shape index (κ2) is 14.2. The molecule has 5 rings (SSSR count). The van der Waals surface area contributed by atoms with Crippen LogP contribution in [-0.2, 0) is 44.3 Å². The SMILES string of the molecule is COc1cc(CC(C(=O)O)[C@@]2(c3ccc(OCc4ccccc4)c(OC)c3)O[C@@H](C(C)(C)C)OC2=O)ccc1OCc1ccccc1. The summed E-state index contributed by atoms with van der Waals surface area (Å²) in [5.74, 6) is -1.73. The fraction of sp³-hybridized carbons (Fsp3) is 0.316. The molecule has 1 aliphatic rings. The Hall–Kier alpha value is -5.02. The normalized spacial score (nSPS) is 18.2. The fourth-order valence-electron chi connectivity index (χ4n) is 5.48. The highest BCUT2D eigenvalue weighted by Gasteiger charge is 2.61. The zero-order chi connectivity index (χ0) is 33.6. The molecule has 1 fully saturated rings. The largest absolute Gasteiger partial charge is 0.493 e. The average Bonchev–Trinajstić information content (AvgIpc) is 3.44. The number of methoxy groups -OCH3 is 2. The van der Waals surface area contributed by atoms with E-state index in [4.69, 9.17) is 28.4 Å². The van der Waals surface area contributed by atoms with Crippen LogP contribution < -0.4 is 18.9 Å². The van der Waals surface area contributed by atoms with Gasteiger partial charge in [0.15, 0.2) is 23.0 Å². The molecule has 0 bridgehead atoms. The van der Waals surface area contributed by atoms with Crippen molar-refractivity contribution in [2.75, 3.05) is 14.2 Å². The van der Waals surface area contributed by atoms with Gasteiger partial charge in [0.05, 0.1) is 14.2 Å². The van der Waals surface area contributed by atoms with Gasteiger partial charge in [-0.05, 0) is 47.4 Å². The molecule has 246 valence electrons. The van der Waals surface area contributed by atoms with E-state index in [2.05, 4.69) is 0 Å². The van der Waals surface area contributed by atoms with Gasteiger partial charge in [-0.15, -0.1) is 0 Å². The zero-order valence-corrected chi connectivity index (χ0v) is 27.2. The molecular formula is C38H40O9. The standard InChI is InChI=1S/C38H40O9/c1-37(2,3)36-46-35(41)38(47-36,28-17-19-31(33(22-28)43-5)45-24-26-14-10-7-11-15-26)29(34(39)40)20-27-16-18-30(32(21-27)42-4)44-23-25-12-8-6-9-13-25/h6-19,21-22,29,36H,20,23-24H2,1-5H3,(H,39,40)/t29?,36-,38+/m0/s1. The lowest BCUT2D eigenvalue weighted by Crippen LogP contribution is -2.47. The Bertz CT molecular complexity index is 1680. The number of hydrogen-bond acceptors (Lipinski definition) is 8. The number of rotatable bonds is 13. The van der Waals surface area contributed by atoms with Crippen LogP contribution in [0, 0.1) is 11.3 Å². The van der Waals surface area contributed by atoms with Crippen molar-refractivity contribution in [2.45, 2.75) is 52.3 Å². The number of carboxylic acid groups (broad SMARTS) is 1. The minimum atomic E-state index is -2.00. The molecule has 9 heteroatoms. The highest BCUT2D eigenvalue weighted by Crippen LogP contribution is 2.48. The van der Waals surface area contributed by atoms with Crippen LogP contribution in [0.2, 0.25) is 0 Å². The van der Waals surface area contributed by atoms with Gasteiger partial charge in [-0.25, -0.2) is 4.79 Å². The lowest BCUT2D eigenvalue weighted by molar-refractivity contribution is -0.176. The van der Waals surface area contributed by atoms with E-state index in [1.165, 1.54) is 14.2 Å². The minimum Gasteiger partial charge on any atom is -0.493 e. The predicted molar refractivity (Wildman–Crippen MR) is 174 cm³/mol. The van der Waals surface area contributed by atoms with Gasteiger partial charge >= 0.3 is 11.9 Å². The molecule has 1 saturated heterocycles. The maximum Gasteiger partial charge on any atom is 0.346 e. The topological polar surface area (TPSA) is 110 Å². The van der Waals surface area contributed by atoms with Crippen LogP contribution in [0.15, 0.2) is 97.1 Å². The van der Waals surface area contributed by atoms with E-state index in [-0.39, 0.29) is 18.6 Å². The molecule has 4 aromatic carbocycles. The van der Waals surface area contributed by atoms with Gasteiger partial charge in [-0.3, -0.25) is 4.79 Å². The maximum absolute atomic E-state index is 14.0. The van der Waals surface area contributed by atoms with Gasteiger partial charge in [0.25, 0.3) is 0 Å². The van der Waals surface area contributed by atoms with Crippen LogP contribution in [-0.4, -0.2) is 37.6 Å². The fourth-order valence-corrected chi connectivity index (χ4v) is 5.48.